The molecule has 0 aromatic carbocycles. The Balaban J connectivity index is 1.85. The highest BCUT2D eigenvalue weighted by Gasteiger charge is 2.45. The van der Waals surface area contributed by atoms with Crippen LogP contribution in [0, 0.1) is 25.7 Å². The molecule has 0 saturated carbocycles. The van der Waals surface area contributed by atoms with E-state index in [1.807, 2.05) is 13.8 Å². The standard InChI is InChI=1S/C14H21N3OS/c1-4-12-11-6-15-5-10(11)7-17(12)14(18)13-8(2)16-9(3)19-13/h10-12,15H,4-7H2,1-3H3. The third-order valence-corrected chi connectivity index (χ3v) is 5.56. The number of carbonyl (C=O) groups excluding carboxylic acids is 1. The van der Waals surface area contributed by atoms with Crippen LogP contribution < -0.4 is 5.32 Å². The van der Waals surface area contributed by atoms with Crippen LogP contribution in [0.4, 0.5) is 0 Å². The lowest BCUT2D eigenvalue weighted by atomic mass is 9.93. The Hall–Kier alpha value is -0.940. The first kappa shape index (κ1) is 13.1. The van der Waals surface area contributed by atoms with E-state index >= 15 is 0 Å². The number of hydrogen-bond acceptors (Lipinski definition) is 4. The normalized spacial score (nSPS) is 29.8. The molecule has 1 aromatic rings. The highest BCUT2D eigenvalue weighted by atomic mass is 32.1. The van der Waals surface area contributed by atoms with Gasteiger partial charge in [-0.1, -0.05) is 6.92 Å². The summed E-state index contributed by atoms with van der Waals surface area (Å²) in [5, 5.41) is 4.44. The average molecular weight is 279 g/mol. The van der Waals surface area contributed by atoms with Crippen molar-refractivity contribution in [2.24, 2.45) is 11.8 Å². The van der Waals surface area contributed by atoms with Crippen molar-refractivity contribution in [2.45, 2.75) is 33.2 Å². The molecule has 104 valence electrons. The number of hydrogen-bond donors (Lipinski definition) is 1. The second-order valence-corrected chi connectivity index (χ2v) is 6.87. The number of aryl methyl sites for hydroxylation is 2. The lowest BCUT2D eigenvalue weighted by Crippen LogP contribution is -2.39. The highest BCUT2D eigenvalue weighted by Crippen LogP contribution is 2.36. The molecule has 1 N–H and O–H groups in total. The first-order chi connectivity index (χ1) is 9.11. The topological polar surface area (TPSA) is 45.2 Å². The predicted molar refractivity (Wildman–Crippen MR) is 76.6 cm³/mol. The van der Waals surface area contributed by atoms with Crippen LogP contribution in [-0.2, 0) is 0 Å². The van der Waals surface area contributed by atoms with Crippen LogP contribution >= 0.6 is 11.3 Å². The van der Waals surface area contributed by atoms with Gasteiger partial charge < -0.3 is 10.2 Å². The first-order valence-corrected chi connectivity index (χ1v) is 7.89. The molecule has 3 atom stereocenters. The number of nitrogens with one attached hydrogen (secondary N) is 1. The van der Waals surface area contributed by atoms with Crippen molar-refractivity contribution in [2.75, 3.05) is 19.6 Å². The number of carbonyl (C=O) groups is 1. The molecule has 0 bridgehead atoms. The van der Waals surface area contributed by atoms with E-state index in [-0.39, 0.29) is 5.91 Å². The van der Waals surface area contributed by atoms with Crippen LogP contribution in [0.15, 0.2) is 0 Å². The van der Waals surface area contributed by atoms with E-state index in [0.29, 0.717) is 17.9 Å². The zero-order valence-electron chi connectivity index (χ0n) is 11.8. The summed E-state index contributed by atoms with van der Waals surface area (Å²) in [7, 11) is 0. The van der Waals surface area contributed by atoms with Crippen molar-refractivity contribution in [3.8, 4) is 0 Å². The van der Waals surface area contributed by atoms with Crippen LogP contribution in [0.3, 0.4) is 0 Å². The Kier molecular flexibility index (Phi) is 3.35. The summed E-state index contributed by atoms with van der Waals surface area (Å²) in [6, 6.07) is 0.398. The number of fused-ring (bicyclic) bond motifs is 1. The first-order valence-electron chi connectivity index (χ1n) is 7.07. The van der Waals surface area contributed by atoms with Crippen LogP contribution in [0.25, 0.3) is 0 Å². The second kappa shape index (κ2) is 4.87. The van der Waals surface area contributed by atoms with Gasteiger partial charge >= 0.3 is 0 Å². The van der Waals surface area contributed by atoms with Crippen molar-refractivity contribution < 1.29 is 4.79 Å². The van der Waals surface area contributed by atoms with E-state index in [1.165, 1.54) is 11.3 Å². The van der Waals surface area contributed by atoms with E-state index in [1.54, 1.807) is 0 Å². The SMILES string of the molecule is CCC1C2CNCC2CN1C(=O)c1sc(C)nc1C. The van der Waals surface area contributed by atoms with Gasteiger partial charge in [-0.15, -0.1) is 11.3 Å². The molecule has 2 saturated heterocycles. The van der Waals surface area contributed by atoms with Crippen molar-refractivity contribution in [3.63, 3.8) is 0 Å². The molecule has 1 aromatic heterocycles. The van der Waals surface area contributed by atoms with Crippen LogP contribution in [0.2, 0.25) is 0 Å². The quantitative estimate of drug-likeness (QED) is 0.898. The Morgan fingerprint density at radius 3 is 2.89 bits per heavy atom. The van der Waals surface area contributed by atoms with E-state index < -0.39 is 0 Å². The minimum Gasteiger partial charge on any atom is -0.334 e. The Bertz CT molecular complexity index is 499. The predicted octanol–water partition coefficient (Wildman–Crippen LogP) is 1.83. The Morgan fingerprint density at radius 2 is 2.26 bits per heavy atom. The van der Waals surface area contributed by atoms with Gasteiger partial charge in [-0.05, 0) is 32.1 Å². The van der Waals surface area contributed by atoms with Crippen molar-refractivity contribution in [1.82, 2.24) is 15.2 Å². The van der Waals surface area contributed by atoms with E-state index in [2.05, 4.69) is 22.1 Å². The summed E-state index contributed by atoms with van der Waals surface area (Å²) in [4.78, 5) is 20.1. The fraction of sp³-hybridized carbons (Fsp3) is 0.714. The van der Waals surface area contributed by atoms with Gasteiger partial charge in [0.2, 0.25) is 0 Å². The van der Waals surface area contributed by atoms with Gasteiger partial charge in [0.25, 0.3) is 5.91 Å². The lowest BCUT2D eigenvalue weighted by Gasteiger charge is -2.26. The van der Waals surface area contributed by atoms with E-state index in [4.69, 9.17) is 0 Å². The van der Waals surface area contributed by atoms with Crippen LogP contribution in [0.5, 0.6) is 0 Å². The van der Waals surface area contributed by atoms with Crippen molar-refractivity contribution in [3.05, 3.63) is 15.6 Å². The maximum absolute atomic E-state index is 12.8. The zero-order valence-corrected chi connectivity index (χ0v) is 12.6. The molecule has 4 nitrogen and oxygen atoms in total. The molecule has 3 unspecified atom stereocenters. The summed E-state index contributed by atoms with van der Waals surface area (Å²) >= 11 is 1.53. The van der Waals surface area contributed by atoms with Gasteiger partial charge in [0, 0.05) is 25.7 Å². The fourth-order valence-electron chi connectivity index (χ4n) is 3.64. The number of aromatic nitrogens is 1. The molecule has 0 aliphatic carbocycles. The highest BCUT2D eigenvalue weighted by molar-refractivity contribution is 7.13. The molecule has 0 spiro atoms. The summed E-state index contributed by atoms with van der Waals surface area (Å²) in [6.07, 6.45) is 1.05. The minimum atomic E-state index is 0.198. The summed E-state index contributed by atoms with van der Waals surface area (Å²) in [5.74, 6) is 1.48. The monoisotopic (exact) mass is 279 g/mol. The molecule has 0 radical (unpaired) electrons. The van der Waals surface area contributed by atoms with Crippen LogP contribution in [0.1, 0.15) is 33.7 Å². The maximum Gasteiger partial charge on any atom is 0.266 e. The van der Waals surface area contributed by atoms with Crippen molar-refractivity contribution in [1.29, 1.82) is 0 Å². The summed E-state index contributed by atoms with van der Waals surface area (Å²) in [5.41, 5.74) is 0.887. The maximum atomic E-state index is 12.8. The summed E-state index contributed by atoms with van der Waals surface area (Å²) < 4.78 is 0. The lowest BCUT2D eigenvalue weighted by molar-refractivity contribution is 0.0715. The van der Waals surface area contributed by atoms with E-state index in [0.717, 1.165) is 41.6 Å². The van der Waals surface area contributed by atoms with Crippen LogP contribution in [-0.4, -0.2) is 41.5 Å². The minimum absolute atomic E-state index is 0.198. The average Bonchev–Trinajstić information content (AvgIpc) is 3.01. The number of nitrogens with zero attached hydrogens (tertiary/aromatic N) is 2. The molecule has 2 aliphatic heterocycles. The molecule has 5 heteroatoms. The second-order valence-electron chi connectivity index (χ2n) is 5.66. The molecule has 1 amide bonds. The summed E-state index contributed by atoms with van der Waals surface area (Å²) in [6.45, 7) is 9.13. The molecule has 2 aliphatic rings. The molecule has 19 heavy (non-hydrogen) atoms. The van der Waals surface area contributed by atoms with Crippen molar-refractivity contribution >= 4 is 17.2 Å². The number of rotatable bonds is 2. The Morgan fingerprint density at radius 1 is 1.47 bits per heavy atom. The van der Waals surface area contributed by atoms with Gasteiger partial charge in [-0.2, -0.15) is 0 Å². The number of amides is 1. The molecular weight excluding hydrogens is 258 g/mol. The smallest absolute Gasteiger partial charge is 0.266 e. The molecule has 3 rings (SSSR count). The van der Waals surface area contributed by atoms with Gasteiger partial charge in [0.05, 0.1) is 10.7 Å². The van der Waals surface area contributed by atoms with E-state index in [9.17, 15) is 4.79 Å². The zero-order chi connectivity index (χ0) is 13.6. The van der Waals surface area contributed by atoms with Gasteiger partial charge in [-0.3, -0.25) is 4.79 Å². The number of thiazole rings is 1. The third-order valence-electron chi connectivity index (χ3n) is 4.49. The molecule has 3 heterocycles. The number of likely N-dealkylation sites (tertiary alicyclic amines) is 1. The third kappa shape index (κ3) is 2.09. The molecular formula is C14H21N3OS. The van der Waals surface area contributed by atoms with Gasteiger partial charge in [-0.25, -0.2) is 4.98 Å². The van der Waals surface area contributed by atoms with Gasteiger partial charge in [0.15, 0.2) is 0 Å². The fourth-order valence-corrected chi connectivity index (χ4v) is 4.52. The van der Waals surface area contributed by atoms with Gasteiger partial charge in [0.1, 0.15) is 4.88 Å². The Labute approximate surface area is 118 Å². The largest absolute Gasteiger partial charge is 0.334 e. The molecule has 2 fully saturated rings.